The summed E-state index contributed by atoms with van der Waals surface area (Å²) in [6.45, 7) is 1.95. The average molecular weight is 245 g/mol. The molecule has 2 aromatic carbocycles. The molecule has 0 heterocycles. The molecule has 94 valence electrons. The van der Waals surface area contributed by atoms with Crippen LogP contribution in [0.4, 0.5) is 5.69 Å². The van der Waals surface area contributed by atoms with E-state index in [0.29, 0.717) is 17.2 Å². The molecule has 0 radical (unpaired) electrons. The Morgan fingerprint density at radius 1 is 1.06 bits per heavy atom. The van der Waals surface area contributed by atoms with Crippen molar-refractivity contribution in [1.29, 1.82) is 0 Å². The van der Waals surface area contributed by atoms with Crippen LogP contribution in [-0.2, 0) is 0 Å². The number of rotatable bonds is 3. The van der Waals surface area contributed by atoms with Gasteiger partial charge in [0.15, 0.2) is 5.75 Å². The molecule has 0 aliphatic rings. The summed E-state index contributed by atoms with van der Waals surface area (Å²) in [5.41, 5.74) is 7.26. The van der Waals surface area contributed by atoms with Gasteiger partial charge in [0.25, 0.3) is 0 Å². The molecular weight excluding hydrogens is 230 g/mol. The monoisotopic (exact) mass is 245 g/mol. The van der Waals surface area contributed by atoms with Gasteiger partial charge in [-0.15, -0.1) is 0 Å². The Kier molecular flexibility index (Phi) is 3.28. The van der Waals surface area contributed by atoms with Crippen molar-refractivity contribution in [3.63, 3.8) is 0 Å². The van der Waals surface area contributed by atoms with Gasteiger partial charge in [0.1, 0.15) is 17.2 Å². The maximum Gasteiger partial charge on any atom is 0.153 e. The van der Waals surface area contributed by atoms with Gasteiger partial charge in [-0.3, -0.25) is 0 Å². The average Bonchev–Trinajstić information content (AvgIpc) is 2.36. The summed E-state index contributed by atoms with van der Waals surface area (Å²) in [4.78, 5) is 0. The fraction of sp³-hybridized carbons (Fsp3) is 0.143. The summed E-state index contributed by atoms with van der Waals surface area (Å²) in [5, 5.41) is 9.40. The van der Waals surface area contributed by atoms with Crippen LogP contribution in [0.1, 0.15) is 5.56 Å². The lowest BCUT2D eigenvalue weighted by Crippen LogP contribution is -1.93. The van der Waals surface area contributed by atoms with Gasteiger partial charge in [0.05, 0.1) is 12.8 Å². The van der Waals surface area contributed by atoms with Gasteiger partial charge in [-0.05, 0) is 30.7 Å². The summed E-state index contributed by atoms with van der Waals surface area (Å²) < 4.78 is 10.8. The highest BCUT2D eigenvalue weighted by molar-refractivity contribution is 5.57. The fourth-order valence-corrected chi connectivity index (χ4v) is 1.60. The number of benzene rings is 2. The molecule has 0 saturated heterocycles. The summed E-state index contributed by atoms with van der Waals surface area (Å²) in [7, 11) is 1.61. The Bertz CT molecular complexity index is 567. The second kappa shape index (κ2) is 4.87. The first-order chi connectivity index (χ1) is 8.60. The number of nitrogen functional groups attached to an aromatic ring is 1. The van der Waals surface area contributed by atoms with Crippen LogP contribution >= 0.6 is 0 Å². The molecule has 0 atom stereocenters. The van der Waals surface area contributed by atoms with E-state index in [1.165, 1.54) is 12.1 Å². The van der Waals surface area contributed by atoms with Crippen molar-refractivity contribution in [2.45, 2.75) is 6.92 Å². The molecule has 0 saturated carbocycles. The van der Waals surface area contributed by atoms with Crippen LogP contribution in [0, 0.1) is 6.92 Å². The second-order valence-electron chi connectivity index (χ2n) is 3.96. The van der Waals surface area contributed by atoms with Crippen LogP contribution in [0.5, 0.6) is 23.0 Å². The number of hydrogen-bond donors (Lipinski definition) is 2. The zero-order valence-corrected chi connectivity index (χ0v) is 10.3. The SMILES string of the molecule is COc1cc(Oc2cc(O)ccc2N)ccc1C. The minimum atomic E-state index is 0.110. The fourth-order valence-electron chi connectivity index (χ4n) is 1.60. The molecule has 0 aliphatic heterocycles. The zero-order valence-electron chi connectivity index (χ0n) is 10.3. The molecule has 0 bridgehead atoms. The Hall–Kier alpha value is -2.36. The molecule has 3 N–H and O–H groups in total. The van der Waals surface area contributed by atoms with E-state index < -0.39 is 0 Å². The number of phenolic OH excluding ortho intramolecular Hbond substituents is 1. The third-order valence-electron chi connectivity index (χ3n) is 2.60. The number of methoxy groups -OCH3 is 1. The predicted octanol–water partition coefficient (Wildman–Crippen LogP) is 3.08. The molecule has 0 aliphatic carbocycles. The molecule has 0 aromatic heterocycles. The van der Waals surface area contributed by atoms with Crippen molar-refractivity contribution in [2.75, 3.05) is 12.8 Å². The molecule has 2 rings (SSSR count). The van der Waals surface area contributed by atoms with Crippen molar-refractivity contribution in [2.24, 2.45) is 0 Å². The topological polar surface area (TPSA) is 64.7 Å². The summed E-state index contributed by atoms with van der Waals surface area (Å²) in [6.07, 6.45) is 0. The quantitative estimate of drug-likeness (QED) is 0.644. The van der Waals surface area contributed by atoms with Crippen LogP contribution in [0.15, 0.2) is 36.4 Å². The van der Waals surface area contributed by atoms with E-state index >= 15 is 0 Å². The smallest absolute Gasteiger partial charge is 0.153 e. The first-order valence-electron chi connectivity index (χ1n) is 5.51. The summed E-state index contributed by atoms with van der Waals surface area (Å²) in [6, 6.07) is 10.1. The van der Waals surface area contributed by atoms with Gasteiger partial charge in [-0.25, -0.2) is 0 Å². The van der Waals surface area contributed by atoms with Gasteiger partial charge in [-0.1, -0.05) is 6.07 Å². The van der Waals surface area contributed by atoms with Gasteiger partial charge in [0, 0.05) is 12.1 Å². The number of aromatic hydroxyl groups is 1. The maximum absolute atomic E-state index is 9.40. The maximum atomic E-state index is 9.40. The normalized spacial score (nSPS) is 10.1. The third-order valence-corrected chi connectivity index (χ3v) is 2.60. The van der Waals surface area contributed by atoms with E-state index in [4.69, 9.17) is 15.2 Å². The summed E-state index contributed by atoms with van der Waals surface area (Å²) >= 11 is 0. The second-order valence-corrected chi connectivity index (χ2v) is 3.96. The Morgan fingerprint density at radius 2 is 1.83 bits per heavy atom. The van der Waals surface area contributed by atoms with Crippen molar-refractivity contribution >= 4 is 5.69 Å². The van der Waals surface area contributed by atoms with Crippen LogP contribution in [0.3, 0.4) is 0 Å². The molecule has 2 aromatic rings. The van der Waals surface area contributed by atoms with Crippen molar-refractivity contribution in [3.05, 3.63) is 42.0 Å². The highest BCUT2D eigenvalue weighted by atomic mass is 16.5. The number of nitrogens with two attached hydrogens (primary N) is 1. The standard InChI is InChI=1S/C14H15NO3/c1-9-3-5-11(8-13(9)17-2)18-14-7-10(16)4-6-12(14)15/h3-8,16H,15H2,1-2H3. The highest BCUT2D eigenvalue weighted by Crippen LogP contribution is 2.33. The van der Waals surface area contributed by atoms with E-state index in [9.17, 15) is 5.11 Å². The van der Waals surface area contributed by atoms with E-state index in [0.717, 1.165) is 11.3 Å². The van der Waals surface area contributed by atoms with Gasteiger partial charge < -0.3 is 20.3 Å². The van der Waals surface area contributed by atoms with Gasteiger partial charge in [0.2, 0.25) is 0 Å². The largest absolute Gasteiger partial charge is 0.508 e. The lowest BCUT2D eigenvalue weighted by molar-refractivity contribution is 0.405. The van der Waals surface area contributed by atoms with Crippen LogP contribution in [-0.4, -0.2) is 12.2 Å². The zero-order chi connectivity index (χ0) is 13.1. The minimum absolute atomic E-state index is 0.110. The minimum Gasteiger partial charge on any atom is -0.508 e. The van der Waals surface area contributed by atoms with Gasteiger partial charge in [-0.2, -0.15) is 0 Å². The molecule has 4 heteroatoms. The predicted molar refractivity (Wildman–Crippen MR) is 70.3 cm³/mol. The molecule has 0 spiro atoms. The lowest BCUT2D eigenvalue weighted by atomic mass is 10.2. The number of phenols is 1. The molecule has 0 fully saturated rings. The van der Waals surface area contributed by atoms with Crippen molar-refractivity contribution in [1.82, 2.24) is 0 Å². The number of hydrogen-bond acceptors (Lipinski definition) is 4. The Morgan fingerprint density at radius 3 is 2.56 bits per heavy atom. The highest BCUT2D eigenvalue weighted by Gasteiger charge is 2.06. The first kappa shape index (κ1) is 12.1. The number of ether oxygens (including phenoxy) is 2. The first-order valence-corrected chi connectivity index (χ1v) is 5.51. The van der Waals surface area contributed by atoms with E-state index in [1.807, 2.05) is 19.1 Å². The number of anilines is 1. The molecule has 4 nitrogen and oxygen atoms in total. The van der Waals surface area contributed by atoms with Crippen molar-refractivity contribution in [3.8, 4) is 23.0 Å². The van der Waals surface area contributed by atoms with E-state index in [-0.39, 0.29) is 5.75 Å². The lowest BCUT2D eigenvalue weighted by Gasteiger charge is -2.11. The van der Waals surface area contributed by atoms with Gasteiger partial charge >= 0.3 is 0 Å². The Labute approximate surface area is 106 Å². The van der Waals surface area contributed by atoms with E-state index in [1.54, 1.807) is 19.2 Å². The van der Waals surface area contributed by atoms with Crippen LogP contribution < -0.4 is 15.2 Å². The van der Waals surface area contributed by atoms with E-state index in [2.05, 4.69) is 0 Å². The summed E-state index contributed by atoms with van der Waals surface area (Å²) in [5.74, 6) is 1.88. The van der Waals surface area contributed by atoms with Crippen LogP contribution in [0.2, 0.25) is 0 Å². The molecule has 0 amide bonds. The van der Waals surface area contributed by atoms with Crippen LogP contribution in [0.25, 0.3) is 0 Å². The third kappa shape index (κ3) is 2.48. The number of aryl methyl sites for hydroxylation is 1. The molecular formula is C14H15NO3. The Balaban J connectivity index is 2.31. The molecule has 0 unspecified atom stereocenters. The molecule has 18 heavy (non-hydrogen) atoms. The van der Waals surface area contributed by atoms with Crippen molar-refractivity contribution < 1.29 is 14.6 Å².